The molecule has 3 aromatic rings. The number of hydrogen-bond acceptors (Lipinski definition) is 4. The molecule has 0 saturated carbocycles. The molecule has 0 saturated heterocycles. The minimum Gasteiger partial charge on any atom is -0.350 e. The predicted molar refractivity (Wildman–Crippen MR) is 141 cm³/mol. The molecule has 0 unspecified atom stereocenters. The molecule has 2 N–H and O–H groups in total. The van der Waals surface area contributed by atoms with E-state index in [1.165, 1.54) is 0 Å². The number of carbonyl (C=O) groups is 2. The van der Waals surface area contributed by atoms with Gasteiger partial charge < -0.3 is 10.6 Å². The van der Waals surface area contributed by atoms with Crippen molar-refractivity contribution in [3.8, 4) is 0 Å². The van der Waals surface area contributed by atoms with Crippen molar-refractivity contribution in [3.05, 3.63) is 93.5 Å². The van der Waals surface area contributed by atoms with Crippen LogP contribution in [0, 0.1) is 0 Å². The third-order valence-electron chi connectivity index (χ3n) is 4.98. The van der Waals surface area contributed by atoms with Crippen LogP contribution < -0.4 is 14.9 Å². The van der Waals surface area contributed by atoms with Gasteiger partial charge >= 0.3 is 0 Å². The fraction of sp³-hybridized carbons (Fsp3) is 0.200. The minimum atomic E-state index is -3.67. The number of para-hydroxylation sites is 1. The molecule has 0 spiro atoms. The van der Waals surface area contributed by atoms with Gasteiger partial charge in [-0.25, -0.2) is 8.42 Å². The van der Waals surface area contributed by atoms with Gasteiger partial charge in [-0.05, 0) is 55.8 Å². The first-order valence-electron chi connectivity index (χ1n) is 10.7. The van der Waals surface area contributed by atoms with Crippen LogP contribution in [0.15, 0.2) is 66.7 Å². The van der Waals surface area contributed by atoms with Crippen LogP contribution in [0.3, 0.4) is 0 Å². The lowest BCUT2D eigenvalue weighted by molar-refractivity contribution is 0.0944. The fourth-order valence-electron chi connectivity index (χ4n) is 3.32. The number of anilines is 2. The molecule has 3 rings (SSSR count). The lowest BCUT2D eigenvalue weighted by atomic mass is 10.1. The van der Waals surface area contributed by atoms with E-state index < -0.39 is 15.9 Å². The van der Waals surface area contributed by atoms with E-state index in [4.69, 9.17) is 23.2 Å². The molecular formula is C25H25Cl2N3O4S. The zero-order chi connectivity index (χ0) is 25.8. The molecule has 35 heavy (non-hydrogen) atoms. The summed E-state index contributed by atoms with van der Waals surface area (Å²) in [5, 5.41) is 5.95. The summed E-state index contributed by atoms with van der Waals surface area (Å²) in [6.45, 7) is 3.71. The van der Waals surface area contributed by atoms with E-state index in [2.05, 4.69) is 10.6 Å². The number of hydrogen-bond donors (Lipinski definition) is 2. The highest BCUT2D eigenvalue weighted by atomic mass is 35.5. The second-order valence-corrected chi connectivity index (χ2v) is 10.9. The van der Waals surface area contributed by atoms with Crippen molar-refractivity contribution in [3.63, 3.8) is 0 Å². The Morgan fingerprint density at radius 2 is 1.57 bits per heavy atom. The Hall–Kier alpha value is -3.07. The Morgan fingerprint density at radius 3 is 2.20 bits per heavy atom. The highest BCUT2D eigenvalue weighted by molar-refractivity contribution is 7.92. The fourth-order valence-corrected chi connectivity index (χ4v) is 4.66. The van der Waals surface area contributed by atoms with E-state index in [0.29, 0.717) is 22.4 Å². The monoisotopic (exact) mass is 533 g/mol. The summed E-state index contributed by atoms with van der Waals surface area (Å²) in [6.07, 6.45) is 1.08. The molecule has 3 aromatic carbocycles. The molecule has 184 valence electrons. The Labute approximate surface area is 215 Å². The summed E-state index contributed by atoms with van der Waals surface area (Å²) >= 11 is 12.3. The average Bonchev–Trinajstić information content (AvgIpc) is 2.79. The Kier molecular flexibility index (Phi) is 8.43. The molecule has 0 aromatic heterocycles. The number of halogens is 2. The Balaban J connectivity index is 1.80. The standard InChI is InChI=1S/C25H25Cl2N3O4S/c1-16(2)28-25(32)19-7-4-5-9-21(19)29-24(31)18-13-11-17(12-14-18)15-30(35(3,33)34)22-10-6-8-20(26)23(22)27/h4-14,16H,15H2,1-3H3,(H,28,32)(H,29,31). The van der Waals surface area contributed by atoms with E-state index in [1.807, 2.05) is 13.8 Å². The van der Waals surface area contributed by atoms with Gasteiger partial charge in [-0.3, -0.25) is 13.9 Å². The van der Waals surface area contributed by atoms with Gasteiger partial charge in [0.1, 0.15) is 0 Å². The van der Waals surface area contributed by atoms with E-state index >= 15 is 0 Å². The number of amides is 2. The highest BCUT2D eigenvalue weighted by Gasteiger charge is 2.22. The highest BCUT2D eigenvalue weighted by Crippen LogP contribution is 2.34. The summed E-state index contributed by atoms with van der Waals surface area (Å²) in [7, 11) is -3.67. The van der Waals surface area contributed by atoms with Crippen molar-refractivity contribution in [2.24, 2.45) is 0 Å². The molecule has 0 aliphatic rings. The van der Waals surface area contributed by atoms with Crippen molar-refractivity contribution < 1.29 is 18.0 Å². The molecule has 0 aliphatic carbocycles. The topological polar surface area (TPSA) is 95.6 Å². The van der Waals surface area contributed by atoms with Crippen molar-refractivity contribution >= 4 is 56.4 Å². The zero-order valence-electron chi connectivity index (χ0n) is 19.4. The zero-order valence-corrected chi connectivity index (χ0v) is 21.7. The number of nitrogens with zero attached hydrogens (tertiary/aromatic N) is 1. The number of sulfonamides is 1. The maximum absolute atomic E-state index is 12.8. The lowest BCUT2D eigenvalue weighted by Gasteiger charge is -2.24. The van der Waals surface area contributed by atoms with Crippen LogP contribution in [0.2, 0.25) is 10.0 Å². The first-order valence-corrected chi connectivity index (χ1v) is 13.3. The van der Waals surface area contributed by atoms with Crippen LogP contribution in [-0.2, 0) is 16.6 Å². The third kappa shape index (κ3) is 6.75. The van der Waals surface area contributed by atoms with Crippen LogP contribution >= 0.6 is 23.2 Å². The molecule has 10 heteroatoms. The van der Waals surface area contributed by atoms with Gasteiger partial charge in [0.15, 0.2) is 0 Å². The quantitative estimate of drug-likeness (QED) is 0.407. The van der Waals surface area contributed by atoms with Gasteiger partial charge in [-0.15, -0.1) is 0 Å². The van der Waals surface area contributed by atoms with Crippen LogP contribution in [0.25, 0.3) is 0 Å². The maximum atomic E-state index is 12.8. The summed E-state index contributed by atoms with van der Waals surface area (Å²) < 4.78 is 26.1. The molecule has 0 heterocycles. The molecule has 0 aliphatic heterocycles. The van der Waals surface area contributed by atoms with Crippen LogP contribution in [0.5, 0.6) is 0 Å². The van der Waals surface area contributed by atoms with Gasteiger partial charge in [0, 0.05) is 11.6 Å². The van der Waals surface area contributed by atoms with Crippen LogP contribution in [0.1, 0.15) is 40.1 Å². The van der Waals surface area contributed by atoms with E-state index in [0.717, 1.165) is 10.6 Å². The molecule has 0 atom stereocenters. The smallest absolute Gasteiger partial charge is 0.255 e. The van der Waals surface area contributed by atoms with E-state index in [-0.39, 0.29) is 34.2 Å². The Bertz CT molecular complexity index is 1340. The number of carbonyl (C=O) groups excluding carboxylic acids is 2. The van der Waals surface area contributed by atoms with Crippen LogP contribution in [0.4, 0.5) is 11.4 Å². The molecule has 7 nitrogen and oxygen atoms in total. The van der Waals surface area contributed by atoms with Gasteiger partial charge in [-0.2, -0.15) is 0 Å². The van der Waals surface area contributed by atoms with Crippen molar-refractivity contribution in [2.45, 2.75) is 26.4 Å². The first kappa shape index (κ1) is 26.5. The van der Waals surface area contributed by atoms with Gasteiger partial charge in [0.2, 0.25) is 10.0 Å². The molecular weight excluding hydrogens is 509 g/mol. The van der Waals surface area contributed by atoms with Gasteiger partial charge in [-0.1, -0.05) is 53.5 Å². The SMILES string of the molecule is CC(C)NC(=O)c1ccccc1NC(=O)c1ccc(CN(c2cccc(Cl)c2Cl)S(C)(=O)=O)cc1. The van der Waals surface area contributed by atoms with Gasteiger partial charge in [0.25, 0.3) is 11.8 Å². The number of rotatable bonds is 8. The van der Waals surface area contributed by atoms with Crippen LogP contribution in [-0.4, -0.2) is 32.5 Å². The maximum Gasteiger partial charge on any atom is 0.255 e. The van der Waals surface area contributed by atoms with Gasteiger partial charge in [0.05, 0.1) is 39.8 Å². The minimum absolute atomic E-state index is 0.000991. The second-order valence-electron chi connectivity index (χ2n) is 8.17. The largest absolute Gasteiger partial charge is 0.350 e. The van der Waals surface area contributed by atoms with E-state index in [9.17, 15) is 18.0 Å². The number of nitrogens with one attached hydrogen (secondary N) is 2. The molecule has 0 bridgehead atoms. The summed E-state index contributed by atoms with van der Waals surface area (Å²) in [5.41, 5.74) is 1.99. The number of benzene rings is 3. The molecule has 0 radical (unpaired) electrons. The van der Waals surface area contributed by atoms with Crippen molar-refractivity contribution in [1.82, 2.24) is 5.32 Å². The molecule has 0 fully saturated rings. The normalized spacial score (nSPS) is 11.3. The average molecular weight is 534 g/mol. The van der Waals surface area contributed by atoms with Crippen molar-refractivity contribution in [2.75, 3.05) is 15.9 Å². The molecule has 2 amide bonds. The van der Waals surface area contributed by atoms with Crippen molar-refractivity contribution in [1.29, 1.82) is 0 Å². The summed E-state index contributed by atoms with van der Waals surface area (Å²) in [4.78, 5) is 25.3. The predicted octanol–water partition coefficient (Wildman–Crippen LogP) is 5.35. The third-order valence-corrected chi connectivity index (χ3v) is 6.92. The summed E-state index contributed by atoms with van der Waals surface area (Å²) in [6, 6.07) is 17.9. The Morgan fingerprint density at radius 1 is 0.914 bits per heavy atom. The second kappa shape index (κ2) is 11.1. The summed E-state index contributed by atoms with van der Waals surface area (Å²) in [5.74, 6) is -0.689. The lowest BCUT2D eigenvalue weighted by Crippen LogP contribution is -2.31. The van der Waals surface area contributed by atoms with E-state index in [1.54, 1.807) is 66.7 Å². The first-order chi connectivity index (χ1) is 16.5.